The number of nitrogens with one attached hydrogen (secondary N) is 1. The monoisotopic (exact) mass is 189 g/mol. The van der Waals surface area contributed by atoms with Crippen LogP contribution in [0.1, 0.15) is 29.4 Å². The molecule has 0 bridgehead atoms. The summed E-state index contributed by atoms with van der Waals surface area (Å²) in [5, 5.41) is 0. The number of aryl methyl sites for hydroxylation is 2. The summed E-state index contributed by atoms with van der Waals surface area (Å²) in [6.07, 6.45) is 5.83. The van der Waals surface area contributed by atoms with E-state index in [4.69, 9.17) is 12.3 Å². The molecule has 1 heterocycles. The lowest BCUT2D eigenvalue weighted by Crippen LogP contribution is -2.28. The Morgan fingerprint density at radius 2 is 2.29 bits per heavy atom. The van der Waals surface area contributed by atoms with Gasteiger partial charge in [0, 0.05) is 17.8 Å². The number of rotatable bonds is 3. The summed E-state index contributed by atoms with van der Waals surface area (Å²) >= 11 is 0. The van der Waals surface area contributed by atoms with E-state index in [1.165, 1.54) is 0 Å². The Labute approximate surface area is 84.7 Å². The van der Waals surface area contributed by atoms with Crippen molar-refractivity contribution in [3.63, 3.8) is 0 Å². The van der Waals surface area contributed by atoms with Crippen LogP contribution in [0, 0.1) is 26.2 Å². The molecular weight excluding hydrogens is 174 g/mol. The van der Waals surface area contributed by atoms with Crippen LogP contribution in [-0.4, -0.2) is 4.98 Å². The Morgan fingerprint density at radius 3 is 2.79 bits per heavy atom. The molecule has 1 unspecified atom stereocenters. The van der Waals surface area contributed by atoms with Gasteiger partial charge in [0.05, 0.1) is 6.04 Å². The number of nitrogens with zero attached hydrogens (tertiary/aromatic N) is 1. The molecule has 1 atom stereocenters. The zero-order chi connectivity index (χ0) is 10.6. The van der Waals surface area contributed by atoms with E-state index in [1.807, 2.05) is 26.0 Å². The summed E-state index contributed by atoms with van der Waals surface area (Å²) in [7, 11) is 0. The number of hydrogen-bond donors (Lipinski definition) is 2. The highest BCUT2D eigenvalue weighted by molar-refractivity contribution is 5.26. The second-order valence-corrected chi connectivity index (χ2v) is 3.25. The number of pyridine rings is 1. The Hall–Kier alpha value is -1.37. The smallest absolute Gasteiger partial charge is 0.0586 e. The van der Waals surface area contributed by atoms with Gasteiger partial charge in [0.2, 0.25) is 0 Å². The molecule has 1 rings (SSSR count). The minimum absolute atomic E-state index is 0.00639. The van der Waals surface area contributed by atoms with Crippen molar-refractivity contribution >= 4 is 0 Å². The van der Waals surface area contributed by atoms with Gasteiger partial charge in [-0.05, 0) is 25.5 Å². The highest BCUT2D eigenvalue weighted by Gasteiger charge is 2.11. The third-order valence-electron chi connectivity index (χ3n) is 2.16. The third kappa shape index (κ3) is 2.32. The van der Waals surface area contributed by atoms with E-state index in [9.17, 15) is 0 Å². The van der Waals surface area contributed by atoms with Crippen LogP contribution in [0.5, 0.6) is 0 Å². The predicted octanol–water partition coefficient (Wildman–Crippen LogP) is 1.23. The van der Waals surface area contributed by atoms with Crippen LogP contribution in [0.3, 0.4) is 0 Å². The van der Waals surface area contributed by atoms with Gasteiger partial charge in [-0.15, -0.1) is 12.3 Å². The average molecular weight is 189 g/mol. The second-order valence-electron chi connectivity index (χ2n) is 3.25. The zero-order valence-corrected chi connectivity index (χ0v) is 8.54. The molecule has 3 nitrogen and oxygen atoms in total. The summed E-state index contributed by atoms with van der Waals surface area (Å²) in [5.74, 6) is 8.01. The van der Waals surface area contributed by atoms with Crippen molar-refractivity contribution in [2.75, 3.05) is 0 Å². The third-order valence-corrected chi connectivity index (χ3v) is 2.16. The summed E-state index contributed by atoms with van der Waals surface area (Å²) in [6.45, 7) is 3.92. The van der Waals surface area contributed by atoms with Crippen molar-refractivity contribution in [2.24, 2.45) is 5.84 Å². The van der Waals surface area contributed by atoms with Crippen molar-refractivity contribution in [3.05, 3.63) is 29.1 Å². The van der Waals surface area contributed by atoms with Gasteiger partial charge in [0.15, 0.2) is 0 Å². The predicted molar refractivity (Wildman–Crippen MR) is 57.2 cm³/mol. The van der Waals surface area contributed by atoms with Crippen LogP contribution >= 0.6 is 0 Å². The van der Waals surface area contributed by atoms with Crippen LogP contribution in [0.15, 0.2) is 12.1 Å². The second kappa shape index (κ2) is 4.75. The Kier molecular flexibility index (Phi) is 3.63. The average Bonchev–Trinajstić information content (AvgIpc) is 2.15. The summed E-state index contributed by atoms with van der Waals surface area (Å²) in [6, 6.07) is 3.97. The molecule has 0 saturated carbocycles. The number of aromatic nitrogens is 1. The maximum absolute atomic E-state index is 5.42. The fraction of sp³-hybridized carbons (Fsp3) is 0.364. The van der Waals surface area contributed by atoms with Gasteiger partial charge in [-0.3, -0.25) is 16.3 Å². The molecule has 0 fully saturated rings. The standard InChI is InChI=1S/C11H15N3/c1-4-5-11(14-12)10-7-6-8(2)13-9(10)3/h1,6-7,11,14H,5,12H2,2-3H3. The van der Waals surface area contributed by atoms with Crippen molar-refractivity contribution < 1.29 is 0 Å². The van der Waals surface area contributed by atoms with E-state index in [0.29, 0.717) is 6.42 Å². The molecule has 3 heteroatoms. The van der Waals surface area contributed by atoms with E-state index >= 15 is 0 Å². The first-order valence-electron chi connectivity index (χ1n) is 4.52. The summed E-state index contributed by atoms with van der Waals surface area (Å²) in [4.78, 5) is 4.36. The van der Waals surface area contributed by atoms with Crippen molar-refractivity contribution in [2.45, 2.75) is 26.3 Å². The minimum Gasteiger partial charge on any atom is -0.271 e. The quantitative estimate of drug-likeness (QED) is 0.427. The first-order chi connectivity index (χ1) is 6.69. The lowest BCUT2D eigenvalue weighted by atomic mass is 10.0. The van der Waals surface area contributed by atoms with E-state index in [-0.39, 0.29) is 6.04 Å². The first kappa shape index (κ1) is 10.7. The molecule has 1 aromatic heterocycles. The summed E-state index contributed by atoms with van der Waals surface area (Å²) in [5.41, 5.74) is 5.74. The van der Waals surface area contributed by atoms with E-state index in [0.717, 1.165) is 17.0 Å². The van der Waals surface area contributed by atoms with Crippen LogP contribution in [-0.2, 0) is 0 Å². The topological polar surface area (TPSA) is 50.9 Å². The van der Waals surface area contributed by atoms with Gasteiger partial charge in [0.1, 0.15) is 0 Å². The van der Waals surface area contributed by atoms with Gasteiger partial charge in [-0.25, -0.2) is 0 Å². The Morgan fingerprint density at radius 1 is 1.57 bits per heavy atom. The maximum Gasteiger partial charge on any atom is 0.0586 e. The highest BCUT2D eigenvalue weighted by Crippen LogP contribution is 2.18. The van der Waals surface area contributed by atoms with Gasteiger partial charge in [-0.2, -0.15) is 0 Å². The van der Waals surface area contributed by atoms with Gasteiger partial charge >= 0.3 is 0 Å². The van der Waals surface area contributed by atoms with Gasteiger partial charge < -0.3 is 0 Å². The molecular formula is C11H15N3. The lowest BCUT2D eigenvalue weighted by molar-refractivity contribution is 0.562. The van der Waals surface area contributed by atoms with Gasteiger partial charge in [0.25, 0.3) is 0 Å². The Bertz CT molecular complexity index is 352. The molecule has 74 valence electrons. The Balaban J connectivity index is 2.99. The molecule has 0 aliphatic carbocycles. The van der Waals surface area contributed by atoms with Crippen LogP contribution in [0.4, 0.5) is 0 Å². The van der Waals surface area contributed by atoms with E-state index in [2.05, 4.69) is 16.3 Å². The molecule has 0 aliphatic heterocycles. The largest absolute Gasteiger partial charge is 0.271 e. The first-order valence-corrected chi connectivity index (χ1v) is 4.52. The van der Waals surface area contributed by atoms with Crippen LogP contribution < -0.4 is 11.3 Å². The van der Waals surface area contributed by atoms with E-state index in [1.54, 1.807) is 0 Å². The molecule has 0 spiro atoms. The number of nitrogens with two attached hydrogens (primary N) is 1. The van der Waals surface area contributed by atoms with Crippen molar-refractivity contribution in [1.29, 1.82) is 0 Å². The number of hydrogen-bond acceptors (Lipinski definition) is 3. The molecule has 1 aromatic rings. The molecule has 0 aliphatic rings. The maximum atomic E-state index is 5.42. The summed E-state index contributed by atoms with van der Waals surface area (Å²) < 4.78 is 0. The van der Waals surface area contributed by atoms with Crippen LogP contribution in [0.2, 0.25) is 0 Å². The number of terminal acetylenes is 1. The normalized spacial score (nSPS) is 12.1. The molecule has 14 heavy (non-hydrogen) atoms. The molecule has 0 aromatic carbocycles. The molecule has 0 saturated heterocycles. The zero-order valence-electron chi connectivity index (χ0n) is 8.54. The highest BCUT2D eigenvalue weighted by atomic mass is 15.2. The SMILES string of the molecule is C#CCC(NN)c1ccc(C)nc1C. The van der Waals surface area contributed by atoms with Crippen molar-refractivity contribution in [3.8, 4) is 12.3 Å². The molecule has 0 amide bonds. The van der Waals surface area contributed by atoms with Crippen molar-refractivity contribution in [1.82, 2.24) is 10.4 Å². The van der Waals surface area contributed by atoms with Crippen LogP contribution in [0.25, 0.3) is 0 Å². The fourth-order valence-electron chi connectivity index (χ4n) is 1.44. The lowest BCUT2D eigenvalue weighted by Gasteiger charge is -2.15. The minimum atomic E-state index is -0.00639. The fourth-order valence-corrected chi connectivity index (χ4v) is 1.44. The molecule has 3 N–H and O–H groups in total. The number of hydrazine groups is 1. The molecule has 0 radical (unpaired) electrons. The van der Waals surface area contributed by atoms with Gasteiger partial charge in [-0.1, -0.05) is 6.07 Å². The van der Waals surface area contributed by atoms with E-state index < -0.39 is 0 Å².